The van der Waals surface area contributed by atoms with Gasteiger partial charge in [-0.1, -0.05) is 17.2 Å². The molecule has 0 fully saturated rings. The van der Waals surface area contributed by atoms with Gasteiger partial charge in [-0.05, 0) is 64.0 Å². The van der Waals surface area contributed by atoms with Gasteiger partial charge in [0, 0.05) is 0 Å². The van der Waals surface area contributed by atoms with Gasteiger partial charge in [0.15, 0.2) is 0 Å². The van der Waals surface area contributed by atoms with E-state index in [-0.39, 0.29) is 0 Å². The Balaban J connectivity index is 2.43. The third-order valence-corrected chi connectivity index (χ3v) is 2.95. The molecule has 1 aromatic carbocycles. The van der Waals surface area contributed by atoms with Crippen LogP contribution in [0.4, 0.5) is 13.2 Å². The summed E-state index contributed by atoms with van der Waals surface area (Å²) in [4.78, 5) is 0. The van der Waals surface area contributed by atoms with E-state index < -0.39 is 11.7 Å². The zero-order valence-electron chi connectivity index (χ0n) is 12.6. The van der Waals surface area contributed by atoms with Crippen molar-refractivity contribution >= 4 is 0 Å². The lowest BCUT2D eigenvalue weighted by Gasteiger charge is -2.08. The van der Waals surface area contributed by atoms with E-state index in [1.807, 2.05) is 13.0 Å². The molecule has 4 heteroatoms. The lowest BCUT2D eigenvalue weighted by Crippen LogP contribution is -2.04. The highest BCUT2D eigenvalue weighted by Gasteiger charge is 2.29. The summed E-state index contributed by atoms with van der Waals surface area (Å²) in [7, 11) is 0. The number of alkyl halides is 3. The quantitative estimate of drug-likeness (QED) is 0.605. The molecule has 0 aromatic heterocycles. The number of allylic oxidation sites excluding steroid dienone is 3. The third-order valence-electron chi connectivity index (χ3n) is 2.95. The van der Waals surface area contributed by atoms with Gasteiger partial charge in [0.1, 0.15) is 12.4 Å². The summed E-state index contributed by atoms with van der Waals surface area (Å²) < 4.78 is 42.6. The Morgan fingerprint density at radius 2 is 1.67 bits per heavy atom. The summed E-state index contributed by atoms with van der Waals surface area (Å²) in [5.74, 6) is 0.441. The highest BCUT2D eigenvalue weighted by molar-refractivity contribution is 5.29. The van der Waals surface area contributed by atoms with Crippen LogP contribution in [0.5, 0.6) is 5.75 Å². The first-order chi connectivity index (χ1) is 9.79. The topological polar surface area (TPSA) is 9.23 Å². The van der Waals surface area contributed by atoms with Crippen molar-refractivity contribution in [2.45, 2.75) is 39.8 Å². The molecule has 1 nitrogen and oxygen atoms in total. The van der Waals surface area contributed by atoms with Crippen LogP contribution in [0.1, 0.15) is 39.2 Å². The second kappa shape index (κ2) is 7.91. The first-order valence-electron chi connectivity index (χ1n) is 6.88. The molecule has 0 heterocycles. The molecule has 0 spiro atoms. The summed E-state index contributed by atoms with van der Waals surface area (Å²) in [6, 6.07) is 4.74. The average Bonchev–Trinajstić information content (AvgIpc) is 2.38. The van der Waals surface area contributed by atoms with Crippen molar-refractivity contribution in [1.82, 2.24) is 0 Å². The molecule has 0 saturated carbocycles. The smallest absolute Gasteiger partial charge is 0.416 e. The second-order valence-corrected chi connectivity index (χ2v) is 5.20. The fourth-order valence-electron chi connectivity index (χ4n) is 1.71. The number of hydrogen-bond donors (Lipinski definition) is 0. The van der Waals surface area contributed by atoms with Crippen molar-refractivity contribution in [3.05, 3.63) is 53.1 Å². The highest BCUT2D eigenvalue weighted by Crippen LogP contribution is 2.30. The molecule has 0 unspecified atom stereocenters. The fraction of sp³-hybridized carbons (Fsp3) is 0.412. The minimum absolute atomic E-state index is 0.367. The van der Waals surface area contributed by atoms with Gasteiger partial charge < -0.3 is 4.74 Å². The summed E-state index contributed by atoms with van der Waals surface area (Å²) in [5, 5.41) is 0. The molecule has 0 amide bonds. The summed E-state index contributed by atoms with van der Waals surface area (Å²) in [5.41, 5.74) is 1.84. The Morgan fingerprint density at radius 1 is 1.05 bits per heavy atom. The maximum atomic E-state index is 12.4. The molecule has 21 heavy (non-hydrogen) atoms. The molecule has 0 bridgehead atoms. The Labute approximate surface area is 124 Å². The van der Waals surface area contributed by atoms with E-state index in [1.165, 1.54) is 23.3 Å². The Morgan fingerprint density at radius 3 is 2.19 bits per heavy atom. The average molecular weight is 298 g/mol. The molecule has 0 N–H and O–H groups in total. The second-order valence-electron chi connectivity index (χ2n) is 5.20. The minimum atomic E-state index is -4.31. The number of rotatable bonds is 6. The van der Waals surface area contributed by atoms with Gasteiger partial charge in [-0.3, -0.25) is 0 Å². The van der Waals surface area contributed by atoms with E-state index in [0.717, 1.165) is 25.0 Å². The van der Waals surface area contributed by atoms with Crippen LogP contribution in [-0.2, 0) is 6.18 Å². The molecule has 0 atom stereocenters. The van der Waals surface area contributed by atoms with Crippen molar-refractivity contribution in [2.24, 2.45) is 0 Å². The normalized spacial score (nSPS) is 12.2. The largest absolute Gasteiger partial charge is 0.490 e. The SMILES string of the molecule is CC(C)=CCC/C(C)=C/COc1ccc(C(F)(F)F)cc1. The van der Waals surface area contributed by atoms with E-state index in [1.54, 1.807) is 0 Å². The van der Waals surface area contributed by atoms with Crippen molar-refractivity contribution in [2.75, 3.05) is 6.61 Å². The Kier molecular flexibility index (Phi) is 6.53. The van der Waals surface area contributed by atoms with Gasteiger partial charge in [0.05, 0.1) is 5.56 Å². The monoisotopic (exact) mass is 298 g/mol. The molecule has 0 saturated heterocycles. The number of hydrogen-bond acceptors (Lipinski definition) is 1. The van der Waals surface area contributed by atoms with Crippen LogP contribution >= 0.6 is 0 Å². The summed E-state index contributed by atoms with van der Waals surface area (Å²) in [6.07, 6.45) is 1.77. The third kappa shape index (κ3) is 7.02. The lowest BCUT2D eigenvalue weighted by molar-refractivity contribution is -0.137. The number of ether oxygens (including phenoxy) is 1. The standard InChI is InChI=1S/C17H21F3O/c1-13(2)5-4-6-14(3)11-12-21-16-9-7-15(8-10-16)17(18,19)20/h5,7-11H,4,6,12H2,1-3H3/b14-11+. The van der Waals surface area contributed by atoms with Crippen LogP contribution in [-0.4, -0.2) is 6.61 Å². The fourth-order valence-corrected chi connectivity index (χ4v) is 1.71. The predicted molar refractivity (Wildman–Crippen MR) is 79.4 cm³/mol. The molecular formula is C17H21F3O. The van der Waals surface area contributed by atoms with Gasteiger partial charge in [0.25, 0.3) is 0 Å². The van der Waals surface area contributed by atoms with Crippen LogP contribution in [0.15, 0.2) is 47.6 Å². The lowest BCUT2D eigenvalue weighted by atomic mass is 10.1. The zero-order chi connectivity index (χ0) is 15.9. The predicted octanol–water partition coefficient (Wildman–Crippen LogP) is 5.78. The zero-order valence-corrected chi connectivity index (χ0v) is 12.6. The Hall–Kier alpha value is -1.71. The maximum Gasteiger partial charge on any atom is 0.416 e. The molecule has 1 aromatic rings. The first-order valence-corrected chi connectivity index (χ1v) is 6.88. The van der Waals surface area contributed by atoms with Gasteiger partial charge in [0.2, 0.25) is 0 Å². The van der Waals surface area contributed by atoms with Gasteiger partial charge in [-0.2, -0.15) is 13.2 Å². The maximum absolute atomic E-state index is 12.4. The van der Waals surface area contributed by atoms with Crippen LogP contribution in [0.2, 0.25) is 0 Å². The highest BCUT2D eigenvalue weighted by atomic mass is 19.4. The van der Waals surface area contributed by atoms with Crippen molar-refractivity contribution in [1.29, 1.82) is 0 Å². The molecule has 1 rings (SSSR count). The summed E-state index contributed by atoms with van der Waals surface area (Å²) in [6.45, 7) is 6.51. The molecule has 0 radical (unpaired) electrons. The molecule has 0 aliphatic rings. The van der Waals surface area contributed by atoms with Gasteiger partial charge in [-0.15, -0.1) is 0 Å². The minimum Gasteiger partial charge on any atom is -0.490 e. The van der Waals surface area contributed by atoms with E-state index in [9.17, 15) is 13.2 Å². The van der Waals surface area contributed by atoms with Crippen molar-refractivity contribution < 1.29 is 17.9 Å². The first kappa shape index (κ1) is 17.3. The number of benzene rings is 1. The van der Waals surface area contributed by atoms with E-state index in [4.69, 9.17) is 4.74 Å². The van der Waals surface area contributed by atoms with Crippen molar-refractivity contribution in [3.8, 4) is 5.75 Å². The van der Waals surface area contributed by atoms with Gasteiger partial charge >= 0.3 is 6.18 Å². The molecular weight excluding hydrogens is 277 g/mol. The van der Waals surface area contributed by atoms with E-state index in [0.29, 0.717) is 12.4 Å². The van der Waals surface area contributed by atoms with Crippen LogP contribution in [0, 0.1) is 0 Å². The van der Waals surface area contributed by atoms with Crippen LogP contribution < -0.4 is 4.74 Å². The van der Waals surface area contributed by atoms with Crippen molar-refractivity contribution in [3.63, 3.8) is 0 Å². The van der Waals surface area contributed by atoms with E-state index >= 15 is 0 Å². The van der Waals surface area contributed by atoms with Gasteiger partial charge in [-0.25, -0.2) is 0 Å². The van der Waals surface area contributed by atoms with Crippen LogP contribution in [0.3, 0.4) is 0 Å². The van der Waals surface area contributed by atoms with Crippen LogP contribution in [0.25, 0.3) is 0 Å². The number of halogens is 3. The van der Waals surface area contributed by atoms with E-state index in [2.05, 4.69) is 19.9 Å². The molecule has 0 aliphatic carbocycles. The molecule has 116 valence electrons. The summed E-state index contributed by atoms with van der Waals surface area (Å²) >= 11 is 0. The Bertz CT molecular complexity index is 492. The molecule has 0 aliphatic heterocycles.